The number of benzene rings is 1. The van der Waals surface area contributed by atoms with Crippen LogP contribution in [0.4, 0.5) is 5.69 Å². The van der Waals surface area contributed by atoms with Gasteiger partial charge in [-0.1, -0.05) is 12.5 Å². The first kappa shape index (κ1) is 17.0. The van der Waals surface area contributed by atoms with E-state index in [0.717, 1.165) is 37.0 Å². The van der Waals surface area contributed by atoms with Crippen molar-refractivity contribution in [3.8, 4) is 5.75 Å². The molecule has 5 heteroatoms. The van der Waals surface area contributed by atoms with Crippen molar-refractivity contribution in [1.82, 2.24) is 10.2 Å². The van der Waals surface area contributed by atoms with Crippen molar-refractivity contribution in [2.75, 3.05) is 32.1 Å². The third-order valence-electron chi connectivity index (χ3n) is 4.18. The summed E-state index contributed by atoms with van der Waals surface area (Å²) in [6.07, 6.45) is 5.17. The largest absolute Gasteiger partial charge is 0.497 e. The highest BCUT2D eigenvalue weighted by atomic mass is 32.1. The van der Waals surface area contributed by atoms with E-state index >= 15 is 0 Å². The monoisotopic (exact) mass is 321 g/mol. The zero-order valence-electron chi connectivity index (χ0n) is 13.6. The second-order valence-electron chi connectivity index (χ2n) is 5.85. The Bertz CT molecular complexity index is 481. The van der Waals surface area contributed by atoms with E-state index in [9.17, 15) is 0 Å². The minimum Gasteiger partial charge on any atom is -0.497 e. The fourth-order valence-corrected chi connectivity index (χ4v) is 3.07. The standard InChI is InChI=1S/C17H27N3OS/c1-14-7-3-4-11-20(14)12-6-10-18-17(22)19-15-8-5-9-16(13-15)21-2/h5,8-9,13-14H,3-4,6-7,10-12H2,1-2H3,(H2,18,19,22)/t14-/m1/s1. The van der Waals surface area contributed by atoms with Crippen molar-refractivity contribution in [3.05, 3.63) is 24.3 Å². The van der Waals surface area contributed by atoms with Crippen LogP contribution in [0.25, 0.3) is 0 Å². The maximum absolute atomic E-state index is 5.33. The van der Waals surface area contributed by atoms with Gasteiger partial charge in [-0.05, 0) is 57.1 Å². The van der Waals surface area contributed by atoms with Crippen molar-refractivity contribution >= 4 is 23.0 Å². The Labute approximate surface area is 139 Å². The lowest BCUT2D eigenvalue weighted by Gasteiger charge is -2.33. The molecule has 0 bridgehead atoms. The molecule has 0 radical (unpaired) electrons. The van der Waals surface area contributed by atoms with E-state index in [-0.39, 0.29) is 0 Å². The van der Waals surface area contributed by atoms with Crippen LogP contribution in [0.15, 0.2) is 24.3 Å². The van der Waals surface area contributed by atoms with Gasteiger partial charge in [0.25, 0.3) is 0 Å². The van der Waals surface area contributed by atoms with Gasteiger partial charge in [0.1, 0.15) is 5.75 Å². The first-order chi connectivity index (χ1) is 10.7. The fourth-order valence-electron chi connectivity index (χ4n) is 2.85. The highest BCUT2D eigenvalue weighted by Crippen LogP contribution is 2.17. The Balaban J connectivity index is 1.65. The highest BCUT2D eigenvalue weighted by Gasteiger charge is 2.16. The number of hydrogen-bond acceptors (Lipinski definition) is 3. The van der Waals surface area contributed by atoms with Crippen molar-refractivity contribution in [2.24, 2.45) is 0 Å². The molecule has 2 N–H and O–H groups in total. The van der Waals surface area contributed by atoms with Gasteiger partial charge in [0, 0.05) is 30.9 Å². The van der Waals surface area contributed by atoms with Crippen LogP contribution < -0.4 is 15.4 Å². The number of piperidine rings is 1. The molecule has 1 atom stereocenters. The van der Waals surface area contributed by atoms with Crippen molar-refractivity contribution in [3.63, 3.8) is 0 Å². The summed E-state index contributed by atoms with van der Waals surface area (Å²) >= 11 is 5.33. The van der Waals surface area contributed by atoms with Gasteiger partial charge in [-0.25, -0.2) is 0 Å². The SMILES string of the molecule is COc1cccc(NC(=S)NCCCN2CCCC[C@H]2C)c1. The average molecular weight is 321 g/mol. The summed E-state index contributed by atoms with van der Waals surface area (Å²) < 4.78 is 5.20. The van der Waals surface area contributed by atoms with Crippen LogP contribution in [0, 0.1) is 0 Å². The summed E-state index contributed by atoms with van der Waals surface area (Å²) in [7, 11) is 1.66. The fraction of sp³-hybridized carbons (Fsp3) is 0.588. The number of anilines is 1. The first-order valence-electron chi connectivity index (χ1n) is 8.12. The minimum absolute atomic E-state index is 0.667. The Morgan fingerprint density at radius 1 is 1.41 bits per heavy atom. The molecular formula is C17H27N3OS. The van der Waals surface area contributed by atoms with E-state index in [0.29, 0.717) is 5.11 Å². The second-order valence-corrected chi connectivity index (χ2v) is 6.26. The summed E-state index contributed by atoms with van der Waals surface area (Å²) in [5, 5.41) is 7.13. The molecule has 1 aromatic rings. The number of thiocarbonyl (C=S) groups is 1. The third-order valence-corrected chi connectivity index (χ3v) is 4.42. The first-order valence-corrected chi connectivity index (χ1v) is 8.53. The molecule has 0 saturated carbocycles. The van der Waals surface area contributed by atoms with Gasteiger partial charge in [0.2, 0.25) is 0 Å². The average Bonchev–Trinajstić information content (AvgIpc) is 2.53. The maximum Gasteiger partial charge on any atom is 0.170 e. The molecule has 1 heterocycles. The van der Waals surface area contributed by atoms with Crippen LogP contribution in [0.3, 0.4) is 0 Å². The highest BCUT2D eigenvalue weighted by molar-refractivity contribution is 7.80. The molecule has 0 aromatic heterocycles. The quantitative estimate of drug-likeness (QED) is 0.621. The Hall–Kier alpha value is -1.33. The van der Waals surface area contributed by atoms with Crippen molar-refractivity contribution in [1.29, 1.82) is 0 Å². The lowest BCUT2D eigenvalue weighted by molar-refractivity contribution is 0.159. The molecule has 0 unspecified atom stereocenters. The zero-order chi connectivity index (χ0) is 15.8. The minimum atomic E-state index is 0.667. The van der Waals surface area contributed by atoms with E-state index in [4.69, 9.17) is 17.0 Å². The summed E-state index contributed by atoms with van der Waals surface area (Å²) in [5.74, 6) is 0.826. The van der Waals surface area contributed by atoms with Crippen LogP contribution in [0.2, 0.25) is 0 Å². The van der Waals surface area contributed by atoms with Crippen LogP contribution in [-0.2, 0) is 0 Å². The number of likely N-dealkylation sites (tertiary alicyclic amines) is 1. The number of nitrogens with one attached hydrogen (secondary N) is 2. The molecule has 2 rings (SSSR count). The van der Waals surface area contributed by atoms with E-state index in [2.05, 4.69) is 22.5 Å². The smallest absolute Gasteiger partial charge is 0.170 e. The number of rotatable bonds is 6. The molecule has 1 aliphatic rings. The van der Waals surface area contributed by atoms with Crippen molar-refractivity contribution < 1.29 is 4.74 Å². The Kier molecular flexibility index (Phi) is 6.93. The van der Waals surface area contributed by atoms with Crippen LogP contribution in [0.5, 0.6) is 5.75 Å². The molecule has 1 aliphatic heterocycles. The van der Waals surface area contributed by atoms with Crippen LogP contribution >= 0.6 is 12.2 Å². The van der Waals surface area contributed by atoms with Gasteiger partial charge in [0.15, 0.2) is 5.11 Å². The van der Waals surface area contributed by atoms with E-state index < -0.39 is 0 Å². The van der Waals surface area contributed by atoms with E-state index in [1.807, 2.05) is 24.3 Å². The van der Waals surface area contributed by atoms with Gasteiger partial charge < -0.3 is 20.3 Å². The molecule has 1 aromatic carbocycles. The van der Waals surface area contributed by atoms with Gasteiger partial charge in [-0.2, -0.15) is 0 Å². The molecular weight excluding hydrogens is 294 g/mol. The predicted octanol–water partition coefficient (Wildman–Crippen LogP) is 3.25. The van der Waals surface area contributed by atoms with Crippen molar-refractivity contribution in [2.45, 2.75) is 38.6 Å². The van der Waals surface area contributed by atoms with Gasteiger partial charge in [0.05, 0.1) is 7.11 Å². The lowest BCUT2D eigenvalue weighted by Crippen LogP contribution is -2.39. The van der Waals surface area contributed by atoms with Gasteiger partial charge in [-0.15, -0.1) is 0 Å². The molecule has 0 spiro atoms. The lowest BCUT2D eigenvalue weighted by atomic mass is 10.0. The summed E-state index contributed by atoms with van der Waals surface area (Å²) in [6.45, 7) is 5.63. The number of ether oxygens (including phenoxy) is 1. The summed E-state index contributed by atoms with van der Waals surface area (Å²) in [4.78, 5) is 2.59. The van der Waals surface area contributed by atoms with Crippen LogP contribution in [0.1, 0.15) is 32.6 Å². The molecule has 122 valence electrons. The molecule has 22 heavy (non-hydrogen) atoms. The molecule has 0 amide bonds. The molecule has 1 fully saturated rings. The Morgan fingerprint density at radius 2 is 2.27 bits per heavy atom. The van der Waals surface area contributed by atoms with Gasteiger partial charge >= 0.3 is 0 Å². The predicted molar refractivity (Wildman–Crippen MR) is 96.7 cm³/mol. The number of nitrogens with zero attached hydrogens (tertiary/aromatic N) is 1. The Morgan fingerprint density at radius 3 is 3.05 bits per heavy atom. The molecule has 1 saturated heterocycles. The second kappa shape index (κ2) is 8.96. The summed E-state index contributed by atoms with van der Waals surface area (Å²) in [5.41, 5.74) is 0.946. The van der Waals surface area contributed by atoms with Crippen LogP contribution in [-0.4, -0.2) is 42.8 Å². The summed E-state index contributed by atoms with van der Waals surface area (Å²) in [6, 6.07) is 8.51. The van der Waals surface area contributed by atoms with Gasteiger partial charge in [-0.3, -0.25) is 0 Å². The maximum atomic E-state index is 5.33. The molecule has 4 nitrogen and oxygen atoms in total. The number of methoxy groups -OCH3 is 1. The normalized spacial score (nSPS) is 18.7. The van der Waals surface area contributed by atoms with E-state index in [1.54, 1.807) is 7.11 Å². The van der Waals surface area contributed by atoms with E-state index in [1.165, 1.54) is 25.8 Å². The third kappa shape index (κ3) is 5.46. The topological polar surface area (TPSA) is 36.5 Å². The molecule has 0 aliphatic carbocycles. The zero-order valence-corrected chi connectivity index (χ0v) is 14.4. The number of hydrogen-bond donors (Lipinski definition) is 2.